The van der Waals surface area contributed by atoms with Crippen LogP contribution in [0.25, 0.3) is 6.08 Å². The molecule has 2 N–H and O–H groups in total. The number of amides is 2. The van der Waals surface area contributed by atoms with Gasteiger partial charge < -0.3 is 14.6 Å². The number of nitrogens with zero attached hydrogens (tertiary/aromatic N) is 1. The number of carbonyl (C=O) groups excluding carboxylic acids is 2. The standard InChI is InChI=1S/C21H19BrN2O6/c1-3-29-17-10-13(16(22)11-18(17)30-12(2)21(27)28)9-15-19(25)23-24(20(15)26)14-7-5-4-6-8-14/h4-12H,3H2,1-2H3,(H,23,25)(H,27,28)/b15-9-/t12-/m1/s1. The van der Waals surface area contributed by atoms with Gasteiger partial charge in [-0.25, -0.2) is 9.80 Å². The number of carboxylic acids is 1. The van der Waals surface area contributed by atoms with Crippen molar-refractivity contribution >= 4 is 45.5 Å². The van der Waals surface area contributed by atoms with E-state index in [1.54, 1.807) is 43.3 Å². The summed E-state index contributed by atoms with van der Waals surface area (Å²) < 4.78 is 11.5. The number of hydrogen-bond donors (Lipinski definition) is 2. The van der Waals surface area contributed by atoms with Gasteiger partial charge >= 0.3 is 5.97 Å². The minimum absolute atomic E-state index is 0.0467. The second-order valence-corrected chi connectivity index (χ2v) is 7.18. The minimum atomic E-state index is -1.12. The van der Waals surface area contributed by atoms with Gasteiger partial charge in [-0.05, 0) is 49.8 Å². The number of carboxylic acid groups (broad SMARTS) is 1. The maximum absolute atomic E-state index is 12.8. The average molecular weight is 475 g/mol. The number of halogens is 1. The van der Waals surface area contributed by atoms with Crippen LogP contribution in [0.15, 0.2) is 52.5 Å². The molecule has 0 aliphatic carbocycles. The number of nitrogens with one attached hydrogen (secondary N) is 1. The molecule has 3 rings (SSSR count). The zero-order chi connectivity index (χ0) is 21.8. The summed E-state index contributed by atoms with van der Waals surface area (Å²) in [5.74, 6) is -1.61. The molecule has 0 unspecified atom stereocenters. The number of aliphatic carboxylic acids is 1. The first-order chi connectivity index (χ1) is 14.3. The average Bonchev–Trinajstić information content (AvgIpc) is 3.00. The van der Waals surface area contributed by atoms with Crippen LogP contribution in [0.1, 0.15) is 19.4 Å². The molecule has 8 nitrogen and oxygen atoms in total. The molecule has 1 aliphatic rings. The molecule has 0 saturated carbocycles. The molecule has 1 heterocycles. The van der Waals surface area contributed by atoms with Crippen LogP contribution in [0, 0.1) is 0 Å². The van der Waals surface area contributed by atoms with Gasteiger partial charge in [-0.1, -0.05) is 34.1 Å². The van der Waals surface area contributed by atoms with Gasteiger partial charge in [0.2, 0.25) is 0 Å². The van der Waals surface area contributed by atoms with E-state index in [2.05, 4.69) is 21.4 Å². The summed E-state index contributed by atoms with van der Waals surface area (Å²) in [5, 5.41) is 10.3. The highest BCUT2D eigenvalue weighted by atomic mass is 79.9. The lowest BCUT2D eigenvalue weighted by molar-refractivity contribution is -0.144. The second kappa shape index (κ2) is 9.00. The Labute approximate surface area is 181 Å². The molecule has 156 valence electrons. The highest BCUT2D eigenvalue weighted by molar-refractivity contribution is 9.10. The van der Waals surface area contributed by atoms with Crippen molar-refractivity contribution in [3.63, 3.8) is 0 Å². The summed E-state index contributed by atoms with van der Waals surface area (Å²) in [7, 11) is 0. The van der Waals surface area contributed by atoms with Crippen LogP contribution in [-0.4, -0.2) is 35.6 Å². The van der Waals surface area contributed by atoms with E-state index >= 15 is 0 Å². The first-order valence-electron chi connectivity index (χ1n) is 9.09. The lowest BCUT2D eigenvalue weighted by Crippen LogP contribution is -2.35. The SMILES string of the molecule is CCOc1cc(/C=C2/C(=O)NN(c3ccccc3)C2=O)c(Br)cc1O[C@H](C)C(=O)O. The molecular weight excluding hydrogens is 456 g/mol. The van der Waals surface area contributed by atoms with E-state index in [1.165, 1.54) is 18.0 Å². The molecule has 2 aromatic rings. The Bertz CT molecular complexity index is 1020. The molecule has 0 radical (unpaired) electrons. The van der Waals surface area contributed by atoms with E-state index in [0.717, 1.165) is 0 Å². The van der Waals surface area contributed by atoms with Crippen LogP contribution in [-0.2, 0) is 14.4 Å². The quantitative estimate of drug-likeness (QED) is 0.471. The zero-order valence-electron chi connectivity index (χ0n) is 16.2. The van der Waals surface area contributed by atoms with Gasteiger partial charge in [-0.15, -0.1) is 0 Å². The monoisotopic (exact) mass is 474 g/mol. The van der Waals surface area contributed by atoms with Crippen molar-refractivity contribution in [2.24, 2.45) is 0 Å². The fourth-order valence-electron chi connectivity index (χ4n) is 2.73. The van der Waals surface area contributed by atoms with Crippen molar-refractivity contribution < 1.29 is 29.0 Å². The predicted molar refractivity (Wildman–Crippen MR) is 113 cm³/mol. The van der Waals surface area contributed by atoms with Gasteiger partial charge in [0.1, 0.15) is 5.57 Å². The Balaban J connectivity index is 1.96. The zero-order valence-corrected chi connectivity index (χ0v) is 17.8. The third-order valence-corrected chi connectivity index (χ3v) is 4.91. The van der Waals surface area contributed by atoms with Crippen LogP contribution in [0.3, 0.4) is 0 Å². The molecule has 1 aliphatic heterocycles. The largest absolute Gasteiger partial charge is 0.490 e. The van der Waals surface area contributed by atoms with Crippen molar-refractivity contribution in [2.45, 2.75) is 20.0 Å². The van der Waals surface area contributed by atoms with E-state index in [4.69, 9.17) is 14.6 Å². The number of ether oxygens (including phenoxy) is 2. The summed E-state index contributed by atoms with van der Waals surface area (Å²) in [4.78, 5) is 36.3. The van der Waals surface area contributed by atoms with E-state index in [-0.39, 0.29) is 11.3 Å². The summed E-state index contributed by atoms with van der Waals surface area (Å²) in [6, 6.07) is 11.9. The van der Waals surface area contributed by atoms with Crippen molar-refractivity contribution in [1.29, 1.82) is 0 Å². The van der Waals surface area contributed by atoms with Gasteiger partial charge in [0, 0.05) is 4.47 Å². The summed E-state index contributed by atoms with van der Waals surface area (Å²) >= 11 is 3.38. The molecule has 1 saturated heterocycles. The van der Waals surface area contributed by atoms with E-state index in [0.29, 0.717) is 28.1 Å². The Morgan fingerprint density at radius 2 is 1.93 bits per heavy atom. The summed E-state index contributed by atoms with van der Waals surface area (Å²) in [5.41, 5.74) is 3.54. The number of rotatable bonds is 7. The molecule has 0 aromatic heterocycles. The van der Waals surface area contributed by atoms with Crippen LogP contribution in [0.5, 0.6) is 11.5 Å². The topological polar surface area (TPSA) is 105 Å². The fraction of sp³-hybridized carbons (Fsp3) is 0.190. The van der Waals surface area contributed by atoms with E-state index in [9.17, 15) is 14.4 Å². The molecule has 0 bridgehead atoms. The fourth-order valence-corrected chi connectivity index (χ4v) is 3.17. The van der Waals surface area contributed by atoms with Gasteiger partial charge in [-0.3, -0.25) is 15.0 Å². The second-order valence-electron chi connectivity index (χ2n) is 6.33. The Kier molecular flexibility index (Phi) is 6.41. The molecule has 30 heavy (non-hydrogen) atoms. The maximum atomic E-state index is 12.8. The van der Waals surface area contributed by atoms with Crippen LogP contribution in [0.2, 0.25) is 0 Å². The highest BCUT2D eigenvalue weighted by Crippen LogP contribution is 2.36. The lowest BCUT2D eigenvalue weighted by atomic mass is 10.1. The molecule has 1 atom stereocenters. The first kappa shape index (κ1) is 21.4. The van der Waals surface area contributed by atoms with E-state index < -0.39 is 23.9 Å². The highest BCUT2D eigenvalue weighted by Gasteiger charge is 2.34. The van der Waals surface area contributed by atoms with Crippen molar-refractivity contribution in [2.75, 3.05) is 11.6 Å². The van der Waals surface area contributed by atoms with Gasteiger partial charge in [0.05, 0.1) is 12.3 Å². The third kappa shape index (κ3) is 4.46. The number of benzene rings is 2. The number of hydrogen-bond acceptors (Lipinski definition) is 5. The normalized spacial score (nSPS) is 15.8. The lowest BCUT2D eigenvalue weighted by Gasteiger charge is -2.16. The van der Waals surface area contributed by atoms with Crippen molar-refractivity contribution in [1.82, 2.24) is 5.43 Å². The number of anilines is 1. The molecular formula is C21H19BrN2O6. The van der Waals surface area contributed by atoms with Gasteiger partial charge in [0.25, 0.3) is 11.8 Å². The Morgan fingerprint density at radius 3 is 2.57 bits per heavy atom. The van der Waals surface area contributed by atoms with Crippen molar-refractivity contribution in [3.05, 3.63) is 58.1 Å². The number of hydrazine groups is 1. The number of carbonyl (C=O) groups is 3. The minimum Gasteiger partial charge on any atom is -0.490 e. The third-order valence-electron chi connectivity index (χ3n) is 4.22. The Morgan fingerprint density at radius 1 is 1.23 bits per heavy atom. The molecule has 2 aromatic carbocycles. The molecule has 9 heteroatoms. The number of para-hydroxylation sites is 1. The van der Waals surface area contributed by atoms with Crippen LogP contribution >= 0.6 is 15.9 Å². The Hall–Kier alpha value is -3.33. The van der Waals surface area contributed by atoms with Crippen LogP contribution in [0.4, 0.5) is 5.69 Å². The van der Waals surface area contributed by atoms with E-state index in [1.807, 2.05) is 6.07 Å². The first-order valence-corrected chi connectivity index (χ1v) is 9.89. The molecule has 1 fully saturated rings. The molecule has 2 amide bonds. The molecule has 0 spiro atoms. The maximum Gasteiger partial charge on any atom is 0.344 e. The van der Waals surface area contributed by atoms with Gasteiger partial charge in [-0.2, -0.15) is 0 Å². The van der Waals surface area contributed by atoms with Crippen molar-refractivity contribution in [3.8, 4) is 11.5 Å². The predicted octanol–water partition coefficient (Wildman–Crippen LogP) is 3.16. The van der Waals surface area contributed by atoms with Gasteiger partial charge in [0.15, 0.2) is 17.6 Å². The summed E-state index contributed by atoms with van der Waals surface area (Å²) in [6.45, 7) is 3.49. The summed E-state index contributed by atoms with van der Waals surface area (Å²) in [6.07, 6.45) is 0.361. The van der Waals surface area contributed by atoms with Crippen LogP contribution < -0.4 is 19.9 Å². The smallest absolute Gasteiger partial charge is 0.344 e.